The Kier molecular flexibility index (Phi) is 6.07. The van der Waals surface area contributed by atoms with Gasteiger partial charge < -0.3 is 9.47 Å². The molecular weight excluding hydrogens is 330 g/mol. The number of hydrogen-bond acceptors (Lipinski definition) is 6. The van der Waals surface area contributed by atoms with Crippen LogP contribution in [0, 0.1) is 18.3 Å². The van der Waals surface area contributed by atoms with Crippen molar-refractivity contribution in [1.82, 2.24) is 9.97 Å². The van der Waals surface area contributed by atoms with E-state index in [1.54, 1.807) is 18.2 Å². The minimum Gasteiger partial charge on any atom is -0.481 e. The second-order valence-corrected chi connectivity index (χ2v) is 6.06. The van der Waals surface area contributed by atoms with Crippen molar-refractivity contribution in [3.05, 3.63) is 52.2 Å². The molecule has 6 heteroatoms. The van der Waals surface area contributed by atoms with E-state index in [1.165, 1.54) is 20.3 Å². The molecule has 0 aliphatic carbocycles. The summed E-state index contributed by atoms with van der Waals surface area (Å²) in [6.07, 6.45) is 3.04. The zero-order chi connectivity index (χ0) is 19.3. The van der Waals surface area contributed by atoms with Gasteiger partial charge in [-0.3, -0.25) is 4.79 Å². The number of nitrogens with zero attached hydrogens (tertiary/aromatic N) is 3. The standard InChI is InChI=1S/C20H21N3O3/c1-12(2)16-17(22-20(26-5)23-19(16)25-4)18(24)15-10-13(3)9-14(11-15)7-6-8-21/h6-7,9-12H,1-5H3/b7-6+. The van der Waals surface area contributed by atoms with Gasteiger partial charge in [-0.1, -0.05) is 19.9 Å². The number of allylic oxidation sites excluding steroid dienone is 1. The van der Waals surface area contributed by atoms with E-state index >= 15 is 0 Å². The maximum atomic E-state index is 13.2. The molecular formula is C20H21N3O3. The van der Waals surface area contributed by atoms with Crippen LogP contribution >= 0.6 is 0 Å². The average molecular weight is 351 g/mol. The molecule has 26 heavy (non-hydrogen) atoms. The SMILES string of the molecule is COc1nc(OC)c(C(C)C)c(C(=O)c2cc(C)cc(/C=C/C#N)c2)n1. The summed E-state index contributed by atoms with van der Waals surface area (Å²) in [5, 5.41) is 8.72. The molecule has 6 nitrogen and oxygen atoms in total. The van der Waals surface area contributed by atoms with Gasteiger partial charge in [-0.05, 0) is 42.2 Å². The van der Waals surface area contributed by atoms with Crippen molar-refractivity contribution >= 4 is 11.9 Å². The van der Waals surface area contributed by atoms with E-state index in [-0.39, 0.29) is 23.4 Å². The fraction of sp³-hybridized carbons (Fsp3) is 0.300. The number of nitriles is 1. The number of aryl methyl sites for hydroxylation is 1. The third kappa shape index (κ3) is 4.06. The molecule has 0 radical (unpaired) electrons. The summed E-state index contributed by atoms with van der Waals surface area (Å²) in [6, 6.07) is 7.44. The zero-order valence-corrected chi connectivity index (χ0v) is 15.5. The molecule has 1 heterocycles. The van der Waals surface area contributed by atoms with E-state index in [1.807, 2.05) is 32.9 Å². The van der Waals surface area contributed by atoms with Crippen molar-refractivity contribution < 1.29 is 14.3 Å². The fourth-order valence-electron chi connectivity index (χ4n) is 2.68. The molecule has 2 rings (SSSR count). The summed E-state index contributed by atoms with van der Waals surface area (Å²) >= 11 is 0. The molecule has 2 aromatic rings. The van der Waals surface area contributed by atoms with Crippen molar-refractivity contribution in [1.29, 1.82) is 5.26 Å². The Morgan fingerprint density at radius 1 is 1.19 bits per heavy atom. The van der Waals surface area contributed by atoms with Gasteiger partial charge in [0.25, 0.3) is 0 Å². The molecule has 0 atom stereocenters. The topological polar surface area (TPSA) is 85.1 Å². The maximum absolute atomic E-state index is 13.2. The van der Waals surface area contributed by atoms with E-state index in [4.69, 9.17) is 14.7 Å². The molecule has 0 saturated carbocycles. The Balaban J connectivity index is 2.64. The van der Waals surface area contributed by atoms with Crippen molar-refractivity contribution in [3.63, 3.8) is 0 Å². The van der Waals surface area contributed by atoms with Gasteiger partial charge in [-0.15, -0.1) is 0 Å². The van der Waals surface area contributed by atoms with Gasteiger partial charge in [-0.25, -0.2) is 0 Å². The van der Waals surface area contributed by atoms with E-state index in [0.29, 0.717) is 17.0 Å². The minimum atomic E-state index is -0.247. The highest BCUT2D eigenvalue weighted by Crippen LogP contribution is 2.30. The summed E-state index contributed by atoms with van der Waals surface area (Å²) in [7, 11) is 2.94. The molecule has 0 N–H and O–H groups in total. The fourth-order valence-corrected chi connectivity index (χ4v) is 2.68. The lowest BCUT2D eigenvalue weighted by Gasteiger charge is -2.16. The first kappa shape index (κ1) is 19.1. The Labute approximate surface area is 153 Å². The maximum Gasteiger partial charge on any atom is 0.320 e. The first-order valence-electron chi connectivity index (χ1n) is 8.13. The summed E-state index contributed by atoms with van der Waals surface area (Å²) in [4.78, 5) is 21.7. The molecule has 0 amide bonds. The number of benzene rings is 1. The molecule has 0 aliphatic rings. The Hall–Kier alpha value is -3.20. The number of aromatic nitrogens is 2. The molecule has 134 valence electrons. The zero-order valence-electron chi connectivity index (χ0n) is 15.5. The van der Waals surface area contributed by atoms with E-state index in [9.17, 15) is 4.79 Å². The van der Waals surface area contributed by atoms with Crippen LogP contribution in [0.1, 0.15) is 52.5 Å². The summed E-state index contributed by atoms with van der Waals surface area (Å²) in [5.74, 6) is 0.0630. The van der Waals surface area contributed by atoms with Crippen LogP contribution in [0.4, 0.5) is 0 Å². The third-order valence-corrected chi connectivity index (χ3v) is 3.77. The van der Waals surface area contributed by atoms with Crippen molar-refractivity contribution in [2.75, 3.05) is 14.2 Å². The monoisotopic (exact) mass is 351 g/mol. The van der Waals surface area contributed by atoms with Crippen LogP contribution in [-0.2, 0) is 0 Å². The van der Waals surface area contributed by atoms with Crippen LogP contribution in [-0.4, -0.2) is 30.0 Å². The van der Waals surface area contributed by atoms with Crippen LogP contribution in [0.15, 0.2) is 24.3 Å². The number of ketones is 1. The molecule has 0 saturated heterocycles. The van der Waals surface area contributed by atoms with E-state index in [0.717, 1.165) is 11.1 Å². The van der Waals surface area contributed by atoms with E-state index < -0.39 is 0 Å². The Morgan fingerprint density at radius 3 is 2.50 bits per heavy atom. The van der Waals surface area contributed by atoms with Gasteiger partial charge in [0, 0.05) is 17.2 Å². The largest absolute Gasteiger partial charge is 0.481 e. The summed E-state index contributed by atoms with van der Waals surface area (Å²) < 4.78 is 10.5. The molecule has 0 unspecified atom stereocenters. The second-order valence-electron chi connectivity index (χ2n) is 6.06. The lowest BCUT2D eigenvalue weighted by molar-refractivity contribution is 0.103. The molecule has 1 aromatic heterocycles. The number of methoxy groups -OCH3 is 2. The predicted octanol–water partition coefficient (Wildman–Crippen LogP) is 3.69. The average Bonchev–Trinajstić information content (AvgIpc) is 2.63. The number of carbonyl (C=O) groups is 1. The van der Waals surface area contributed by atoms with Gasteiger partial charge in [0.05, 0.1) is 20.3 Å². The number of hydrogen-bond donors (Lipinski definition) is 0. The van der Waals surface area contributed by atoms with Gasteiger partial charge in [0.2, 0.25) is 11.7 Å². The number of ether oxygens (including phenoxy) is 2. The molecule has 1 aromatic carbocycles. The Bertz CT molecular complexity index is 896. The van der Waals surface area contributed by atoms with Crippen LogP contribution in [0.2, 0.25) is 0 Å². The summed E-state index contributed by atoms with van der Waals surface area (Å²) in [6.45, 7) is 5.79. The molecule has 0 spiro atoms. The lowest BCUT2D eigenvalue weighted by Crippen LogP contribution is -2.14. The minimum absolute atomic E-state index is 0.0161. The first-order chi connectivity index (χ1) is 12.4. The van der Waals surface area contributed by atoms with Crippen molar-refractivity contribution in [3.8, 4) is 18.0 Å². The Morgan fingerprint density at radius 2 is 1.92 bits per heavy atom. The van der Waals surface area contributed by atoms with Gasteiger partial charge >= 0.3 is 6.01 Å². The van der Waals surface area contributed by atoms with Crippen molar-refractivity contribution in [2.24, 2.45) is 0 Å². The molecule has 0 bridgehead atoms. The van der Waals surface area contributed by atoms with Crippen LogP contribution in [0.25, 0.3) is 6.08 Å². The van der Waals surface area contributed by atoms with E-state index in [2.05, 4.69) is 9.97 Å². The van der Waals surface area contributed by atoms with Gasteiger partial charge in [-0.2, -0.15) is 15.2 Å². The normalized spacial score (nSPS) is 10.8. The molecule has 0 aliphatic heterocycles. The second kappa shape index (κ2) is 8.26. The van der Waals surface area contributed by atoms with Crippen LogP contribution in [0.5, 0.6) is 11.9 Å². The summed E-state index contributed by atoms with van der Waals surface area (Å²) in [5.41, 5.74) is 3.05. The quantitative estimate of drug-likeness (QED) is 0.583. The highest BCUT2D eigenvalue weighted by molar-refractivity contribution is 6.09. The van der Waals surface area contributed by atoms with Crippen molar-refractivity contribution in [2.45, 2.75) is 26.7 Å². The number of rotatable bonds is 6. The van der Waals surface area contributed by atoms with Crippen LogP contribution in [0.3, 0.4) is 0 Å². The predicted molar refractivity (Wildman–Crippen MR) is 98.5 cm³/mol. The highest BCUT2D eigenvalue weighted by atomic mass is 16.5. The lowest BCUT2D eigenvalue weighted by atomic mass is 9.95. The van der Waals surface area contributed by atoms with Crippen LogP contribution < -0.4 is 9.47 Å². The van der Waals surface area contributed by atoms with Gasteiger partial charge in [0.1, 0.15) is 5.69 Å². The highest BCUT2D eigenvalue weighted by Gasteiger charge is 2.24. The number of carbonyl (C=O) groups excluding carboxylic acids is 1. The third-order valence-electron chi connectivity index (χ3n) is 3.77. The van der Waals surface area contributed by atoms with Gasteiger partial charge in [0.15, 0.2) is 0 Å². The molecule has 0 fully saturated rings. The smallest absolute Gasteiger partial charge is 0.320 e. The first-order valence-corrected chi connectivity index (χ1v) is 8.13.